The second-order valence-corrected chi connectivity index (χ2v) is 10.4. The van der Waals surface area contributed by atoms with Crippen LogP contribution in [0, 0.1) is 25.6 Å². The summed E-state index contributed by atoms with van der Waals surface area (Å²) in [5, 5.41) is 0.450. The van der Waals surface area contributed by atoms with Crippen LogP contribution in [-0.4, -0.2) is 37.8 Å². The number of nitrogens with two attached hydrogens (primary N) is 1. The fraction of sp³-hybridized carbons (Fsp3) is 0.357. The highest BCUT2D eigenvalue weighted by Crippen LogP contribution is 2.31. The number of rotatable bonds is 9. The molecule has 0 unspecified atom stereocenters. The van der Waals surface area contributed by atoms with Gasteiger partial charge in [-0.3, -0.25) is 14.2 Å². The molecule has 2 aromatic carbocycles. The Hall–Kier alpha value is -3.43. The van der Waals surface area contributed by atoms with Crippen molar-refractivity contribution in [3.05, 3.63) is 92.9 Å². The molecule has 0 radical (unpaired) electrons. The molecule has 0 spiro atoms. The Morgan fingerprint density at radius 2 is 1.89 bits per heavy atom. The van der Waals surface area contributed by atoms with E-state index in [4.69, 9.17) is 10.7 Å². The second-order valence-electron chi connectivity index (χ2n) is 9.64. The van der Waals surface area contributed by atoms with Gasteiger partial charge in [0, 0.05) is 12.1 Å². The monoisotopic (exact) mass is 521 g/mol. The van der Waals surface area contributed by atoms with Gasteiger partial charge in [0.25, 0.3) is 11.5 Å². The first kappa shape index (κ1) is 26.6. The molecule has 2 heterocycles. The van der Waals surface area contributed by atoms with Gasteiger partial charge in [-0.1, -0.05) is 43.7 Å². The summed E-state index contributed by atoms with van der Waals surface area (Å²) in [5.74, 6) is -0.157. The standard InChI is InChI=1S/C28H32FN5O2S/c1-17(2)24(33(14-6-13-30)27(35)21-11-9-18(3)10-12-21)25-31-26-23(19(4)32-37-26)28(36)34(25)16-20-7-5-8-22(29)15-20/h5,7-12,15,17,24H,6,13-14,16,30H2,1-4H3/t24-/m0/s1. The quantitative estimate of drug-likeness (QED) is 0.340. The molecular formula is C28H32FN5O2S. The van der Waals surface area contributed by atoms with Crippen molar-refractivity contribution in [2.45, 2.75) is 46.7 Å². The predicted molar refractivity (Wildman–Crippen MR) is 145 cm³/mol. The van der Waals surface area contributed by atoms with E-state index in [1.807, 2.05) is 45.0 Å². The minimum atomic E-state index is -0.520. The van der Waals surface area contributed by atoms with Crippen LogP contribution in [0.5, 0.6) is 0 Å². The van der Waals surface area contributed by atoms with E-state index in [0.29, 0.717) is 52.4 Å². The molecule has 37 heavy (non-hydrogen) atoms. The zero-order valence-corrected chi connectivity index (χ0v) is 22.4. The Morgan fingerprint density at radius 3 is 2.54 bits per heavy atom. The van der Waals surface area contributed by atoms with Gasteiger partial charge in [0.1, 0.15) is 11.6 Å². The summed E-state index contributed by atoms with van der Waals surface area (Å²) in [7, 11) is 0. The van der Waals surface area contributed by atoms with Crippen LogP contribution in [0.2, 0.25) is 0 Å². The van der Waals surface area contributed by atoms with Crippen LogP contribution < -0.4 is 11.3 Å². The Balaban J connectivity index is 1.91. The Kier molecular flexibility index (Phi) is 8.14. The van der Waals surface area contributed by atoms with Gasteiger partial charge < -0.3 is 10.6 Å². The van der Waals surface area contributed by atoms with Crippen LogP contribution >= 0.6 is 11.5 Å². The summed E-state index contributed by atoms with van der Waals surface area (Å²) in [6, 6.07) is 13.1. The average molecular weight is 522 g/mol. The van der Waals surface area contributed by atoms with E-state index >= 15 is 0 Å². The number of carbonyl (C=O) groups excluding carboxylic acids is 1. The fourth-order valence-corrected chi connectivity index (χ4v) is 5.34. The number of hydrogen-bond acceptors (Lipinski definition) is 6. The Labute approximate surface area is 219 Å². The fourth-order valence-electron chi connectivity index (χ4n) is 4.57. The van der Waals surface area contributed by atoms with Crippen LogP contribution in [0.4, 0.5) is 4.39 Å². The minimum Gasteiger partial charge on any atom is -0.330 e. The number of aryl methyl sites for hydroxylation is 2. The van der Waals surface area contributed by atoms with Gasteiger partial charge in [0.2, 0.25) is 0 Å². The van der Waals surface area contributed by atoms with E-state index in [2.05, 4.69) is 4.37 Å². The summed E-state index contributed by atoms with van der Waals surface area (Å²) in [6.45, 7) is 8.70. The van der Waals surface area contributed by atoms with E-state index in [0.717, 1.165) is 5.56 Å². The van der Waals surface area contributed by atoms with E-state index in [-0.39, 0.29) is 29.7 Å². The zero-order chi connectivity index (χ0) is 26.7. The van der Waals surface area contributed by atoms with Crippen molar-refractivity contribution < 1.29 is 9.18 Å². The molecule has 1 atom stereocenters. The lowest BCUT2D eigenvalue weighted by molar-refractivity contribution is 0.0603. The van der Waals surface area contributed by atoms with Crippen molar-refractivity contribution >= 4 is 27.7 Å². The van der Waals surface area contributed by atoms with Crippen molar-refractivity contribution in [1.82, 2.24) is 18.8 Å². The van der Waals surface area contributed by atoms with E-state index in [1.54, 1.807) is 28.5 Å². The maximum Gasteiger partial charge on any atom is 0.264 e. The number of fused-ring (bicyclic) bond motifs is 1. The first-order valence-corrected chi connectivity index (χ1v) is 13.2. The number of carbonyl (C=O) groups is 1. The first-order valence-electron chi connectivity index (χ1n) is 12.4. The first-order chi connectivity index (χ1) is 17.7. The van der Waals surface area contributed by atoms with Gasteiger partial charge in [-0.05, 0) is 74.1 Å². The highest BCUT2D eigenvalue weighted by atomic mass is 32.1. The lowest BCUT2D eigenvalue weighted by Gasteiger charge is -2.35. The molecule has 9 heteroatoms. The molecule has 1 amide bonds. The van der Waals surface area contributed by atoms with Crippen LogP contribution in [0.3, 0.4) is 0 Å². The lowest BCUT2D eigenvalue weighted by Crippen LogP contribution is -2.42. The van der Waals surface area contributed by atoms with Crippen LogP contribution in [0.25, 0.3) is 10.2 Å². The topological polar surface area (TPSA) is 94.1 Å². The molecular weight excluding hydrogens is 489 g/mol. The third kappa shape index (κ3) is 5.62. The Bertz CT molecular complexity index is 1460. The number of amides is 1. The normalized spacial score (nSPS) is 12.3. The van der Waals surface area contributed by atoms with Crippen LogP contribution in [0.15, 0.2) is 53.3 Å². The summed E-state index contributed by atoms with van der Waals surface area (Å²) >= 11 is 1.17. The van der Waals surface area contributed by atoms with Crippen molar-refractivity contribution in [2.24, 2.45) is 11.7 Å². The third-order valence-corrected chi connectivity index (χ3v) is 7.25. The smallest absolute Gasteiger partial charge is 0.264 e. The van der Waals surface area contributed by atoms with Crippen LogP contribution in [-0.2, 0) is 6.54 Å². The number of halogens is 1. The van der Waals surface area contributed by atoms with Gasteiger partial charge in [0.15, 0.2) is 4.83 Å². The van der Waals surface area contributed by atoms with Crippen molar-refractivity contribution in [1.29, 1.82) is 0 Å². The van der Waals surface area contributed by atoms with E-state index in [1.165, 1.54) is 23.7 Å². The molecule has 0 aliphatic heterocycles. The second kappa shape index (κ2) is 11.3. The maximum atomic E-state index is 14.0. The zero-order valence-electron chi connectivity index (χ0n) is 21.6. The number of hydrogen-bond donors (Lipinski definition) is 1. The summed E-state index contributed by atoms with van der Waals surface area (Å²) < 4.78 is 20.0. The summed E-state index contributed by atoms with van der Waals surface area (Å²) in [6.07, 6.45) is 0.594. The van der Waals surface area contributed by atoms with Gasteiger partial charge in [-0.15, -0.1) is 0 Å². The Morgan fingerprint density at radius 1 is 1.16 bits per heavy atom. The molecule has 7 nitrogen and oxygen atoms in total. The molecule has 0 aliphatic carbocycles. The molecule has 0 saturated heterocycles. The van der Waals surface area contributed by atoms with Crippen LogP contribution in [0.1, 0.15) is 59.3 Å². The third-order valence-electron chi connectivity index (χ3n) is 6.42. The molecule has 2 N–H and O–H groups in total. The highest BCUT2D eigenvalue weighted by Gasteiger charge is 2.33. The molecule has 4 aromatic rings. The largest absolute Gasteiger partial charge is 0.330 e. The molecule has 0 aliphatic rings. The lowest BCUT2D eigenvalue weighted by atomic mass is 9.98. The summed E-state index contributed by atoms with van der Waals surface area (Å²) in [4.78, 5) is 34.9. The molecule has 0 bridgehead atoms. The minimum absolute atomic E-state index is 0.0794. The molecule has 0 fully saturated rings. The average Bonchev–Trinajstić information content (AvgIpc) is 3.24. The number of benzene rings is 2. The van der Waals surface area contributed by atoms with Crippen molar-refractivity contribution in [3.8, 4) is 0 Å². The number of nitrogens with zero attached hydrogens (tertiary/aromatic N) is 4. The molecule has 0 saturated carbocycles. The predicted octanol–water partition coefficient (Wildman–Crippen LogP) is 4.85. The van der Waals surface area contributed by atoms with Gasteiger partial charge in [-0.2, -0.15) is 4.37 Å². The van der Waals surface area contributed by atoms with Gasteiger partial charge in [-0.25, -0.2) is 9.37 Å². The SMILES string of the molecule is Cc1ccc(C(=O)N(CCCN)[C@H](c2nc3snc(C)c3c(=O)n2Cc2cccc(F)c2)C(C)C)cc1. The van der Waals surface area contributed by atoms with Gasteiger partial charge >= 0.3 is 0 Å². The van der Waals surface area contributed by atoms with E-state index in [9.17, 15) is 14.0 Å². The van der Waals surface area contributed by atoms with Gasteiger partial charge in [0.05, 0.1) is 23.7 Å². The highest BCUT2D eigenvalue weighted by molar-refractivity contribution is 7.12. The van der Waals surface area contributed by atoms with E-state index < -0.39 is 6.04 Å². The number of aromatic nitrogens is 3. The maximum absolute atomic E-state index is 14.0. The molecule has 2 aromatic heterocycles. The molecule has 194 valence electrons. The van der Waals surface area contributed by atoms with Crippen molar-refractivity contribution in [3.63, 3.8) is 0 Å². The molecule has 4 rings (SSSR count). The van der Waals surface area contributed by atoms with Crippen molar-refractivity contribution in [2.75, 3.05) is 13.1 Å². The summed E-state index contributed by atoms with van der Waals surface area (Å²) in [5.41, 5.74) is 8.45.